The fraction of sp³-hybridized carbons (Fsp3) is 0.167. The summed E-state index contributed by atoms with van der Waals surface area (Å²) in [6.07, 6.45) is 0. The van der Waals surface area contributed by atoms with Crippen LogP contribution in [-0.2, 0) is 4.79 Å². The standard InChI is InChI=1S/C18H16FN3O3S/c1-11-9-14(24-2)7-8-15(11)20-16(23)10-26-18-22-21-17(25-18)12-3-5-13(19)6-4-12/h3-9H,10H2,1-2H3,(H,20,23). The van der Waals surface area contributed by atoms with Crippen LogP contribution in [0.4, 0.5) is 10.1 Å². The molecule has 1 aromatic heterocycles. The van der Waals surface area contributed by atoms with E-state index in [1.54, 1.807) is 31.4 Å². The van der Waals surface area contributed by atoms with Crippen LogP contribution in [-0.4, -0.2) is 29.0 Å². The van der Waals surface area contributed by atoms with Gasteiger partial charge in [-0.1, -0.05) is 11.8 Å². The summed E-state index contributed by atoms with van der Waals surface area (Å²) in [5.74, 6) is 0.599. The van der Waals surface area contributed by atoms with Gasteiger partial charge in [-0.05, 0) is 55.0 Å². The zero-order chi connectivity index (χ0) is 18.5. The number of hydrogen-bond acceptors (Lipinski definition) is 6. The first kappa shape index (κ1) is 17.9. The van der Waals surface area contributed by atoms with E-state index >= 15 is 0 Å². The van der Waals surface area contributed by atoms with Crippen LogP contribution >= 0.6 is 11.8 Å². The van der Waals surface area contributed by atoms with E-state index in [1.165, 1.54) is 12.1 Å². The number of ether oxygens (including phenoxy) is 1. The molecule has 2 aromatic carbocycles. The number of carbonyl (C=O) groups excluding carboxylic acids is 1. The van der Waals surface area contributed by atoms with E-state index in [9.17, 15) is 9.18 Å². The maximum Gasteiger partial charge on any atom is 0.277 e. The van der Waals surface area contributed by atoms with Gasteiger partial charge in [0.05, 0.1) is 12.9 Å². The summed E-state index contributed by atoms with van der Waals surface area (Å²) >= 11 is 1.13. The van der Waals surface area contributed by atoms with Gasteiger partial charge in [-0.3, -0.25) is 4.79 Å². The predicted molar refractivity (Wildman–Crippen MR) is 96.8 cm³/mol. The number of anilines is 1. The van der Waals surface area contributed by atoms with Gasteiger partial charge in [0, 0.05) is 11.3 Å². The number of aromatic nitrogens is 2. The molecule has 0 saturated carbocycles. The minimum atomic E-state index is -0.339. The van der Waals surface area contributed by atoms with Crippen molar-refractivity contribution in [2.45, 2.75) is 12.1 Å². The maximum absolute atomic E-state index is 12.9. The monoisotopic (exact) mass is 373 g/mol. The van der Waals surface area contributed by atoms with Crippen LogP contribution in [0.1, 0.15) is 5.56 Å². The Morgan fingerprint density at radius 1 is 1.23 bits per heavy atom. The first-order valence-corrected chi connectivity index (χ1v) is 8.70. The van der Waals surface area contributed by atoms with Gasteiger partial charge >= 0.3 is 0 Å². The molecule has 0 bridgehead atoms. The highest BCUT2D eigenvalue weighted by Gasteiger charge is 2.12. The molecule has 0 atom stereocenters. The highest BCUT2D eigenvalue weighted by atomic mass is 32.2. The van der Waals surface area contributed by atoms with Crippen LogP contribution in [0.3, 0.4) is 0 Å². The van der Waals surface area contributed by atoms with Gasteiger partial charge in [-0.15, -0.1) is 10.2 Å². The topological polar surface area (TPSA) is 77.2 Å². The number of aryl methyl sites for hydroxylation is 1. The predicted octanol–water partition coefficient (Wildman–Crippen LogP) is 3.92. The molecule has 1 heterocycles. The molecule has 134 valence electrons. The Labute approximate surface area is 153 Å². The minimum Gasteiger partial charge on any atom is -0.497 e. The number of rotatable bonds is 6. The number of carbonyl (C=O) groups is 1. The lowest BCUT2D eigenvalue weighted by Gasteiger charge is -2.09. The van der Waals surface area contributed by atoms with Crippen molar-refractivity contribution in [1.82, 2.24) is 10.2 Å². The molecule has 6 nitrogen and oxygen atoms in total. The van der Waals surface area contributed by atoms with E-state index in [1.807, 2.05) is 13.0 Å². The molecule has 3 rings (SSSR count). The molecular weight excluding hydrogens is 357 g/mol. The van der Waals surface area contributed by atoms with Crippen molar-refractivity contribution < 1.29 is 18.3 Å². The Kier molecular flexibility index (Phi) is 5.52. The lowest BCUT2D eigenvalue weighted by molar-refractivity contribution is -0.113. The fourth-order valence-corrected chi connectivity index (χ4v) is 2.76. The molecule has 0 unspecified atom stereocenters. The second kappa shape index (κ2) is 8.01. The van der Waals surface area contributed by atoms with Crippen molar-refractivity contribution >= 4 is 23.4 Å². The lowest BCUT2D eigenvalue weighted by atomic mass is 10.2. The number of nitrogens with zero attached hydrogens (tertiary/aromatic N) is 2. The largest absolute Gasteiger partial charge is 0.497 e. The first-order valence-electron chi connectivity index (χ1n) is 7.72. The Hall–Kier alpha value is -2.87. The number of halogens is 1. The van der Waals surface area contributed by atoms with Crippen molar-refractivity contribution in [3.63, 3.8) is 0 Å². The average Bonchev–Trinajstić information content (AvgIpc) is 3.11. The van der Waals surface area contributed by atoms with Gasteiger partial charge in [0.1, 0.15) is 11.6 Å². The SMILES string of the molecule is COc1ccc(NC(=O)CSc2nnc(-c3ccc(F)cc3)o2)c(C)c1. The van der Waals surface area contributed by atoms with Crippen molar-refractivity contribution in [3.05, 3.63) is 53.8 Å². The number of amides is 1. The van der Waals surface area contributed by atoms with Gasteiger partial charge in [0.25, 0.3) is 5.22 Å². The quantitative estimate of drug-likeness (QED) is 0.660. The summed E-state index contributed by atoms with van der Waals surface area (Å²) in [5.41, 5.74) is 2.23. The van der Waals surface area contributed by atoms with E-state index in [-0.39, 0.29) is 28.6 Å². The Morgan fingerprint density at radius 2 is 2.00 bits per heavy atom. The zero-order valence-corrected chi connectivity index (χ0v) is 15.0. The van der Waals surface area contributed by atoms with Gasteiger partial charge in [-0.25, -0.2) is 4.39 Å². The summed E-state index contributed by atoms with van der Waals surface area (Å²) in [5, 5.41) is 10.9. The second-order valence-corrected chi connectivity index (χ2v) is 6.32. The number of methoxy groups -OCH3 is 1. The van der Waals surface area contributed by atoms with E-state index in [2.05, 4.69) is 15.5 Å². The molecular formula is C18H16FN3O3S. The van der Waals surface area contributed by atoms with Crippen molar-refractivity contribution in [3.8, 4) is 17.2 Å². The summed E-state index contributed by atoms with van der Waals surface area (Å²) in [6.45, 7) is 1.89. The van der Waals surface area contributed by atoms with Crippen LogP contribution in [0.5, 0.6) is 5.75 Å². The van der Waals surface area contributed by atoms with E-state index in [0.29, 0.717) is 11.3 Å². The molecule has 8 heteroatoms. The first-order chi connectivity index (χ1) is 12.5. The summed E-state index contributed by atoms with van der Waals surface area (Å²) in [6, 6.07) is 11.1. The normalized spacial score (nSPS) is 10.6. The van der Waals surface area contributed by atoms with Gasteiger partial charge in [0.2, 0.25) is 11.8 Å². The van der Waals surface area contributed by atoms with Crippen LogP contribution in [0.15, 0.2) is 52.1 Å². The summed E-state index contributed by atoms with van der Waals surface area (Å²) in [7, 11) is 1.59. The number of thioether (sulfide) groups is 1. The van der Waals surface area contributed by atoms with Gasteiger partial charge in [-0.2, -0.15) is 0 Å². The minimum absolute atomic E-state index is 0.122. The molecule has 0 radical (unpaired) electrons. The molecule has 26 heavy (non-hydrogen) atoms. The Morgan fingerprint density at radius 3 is 2.69 bits per heavy atom. The van der Waals surface area contributed by atoms with Crippen LogP contribution in [0.2, 0.25) is 0 Å². The van der Waals surface area contributed by atoms with Crippen molar-refractivity contribution in [1.29, 1.82) is 0 Å². The lowest BCUT2D eigenvalue weighted by Crippen LogP contribution is -2.14. The molecule has 0 spiro atoms. The molecule has 0 saturated heterocycles. The molecule has 1 N–H and O–H groups in total. The molecule has 0 aliphatic rings. The van der Waals surface area contributed by atoms with E-state index in [4.69, 9.17) is 9.15 Å². The van der Waals surface area contributed by atoms with Crippen molar-refractivity contribution in [2.75, 3.05) is 18.2 Å². The number of hydrogen-bond donors (Lipinski definition) is 1. The molecule has 3 aromatic rings. The third kappa shape index (κ3) is 4.40. The van der Waals surface area contributed by atoms with Gasteiger partial charge < -0.3 is 14.5 Å². The summed E-state index contributed by atoms with van der Waals surface area (Å²) < 4.78 is 23.6. The van der Waals surface area contributed by atoms with E-state index in [0.717, 1.165) is 23.1 Å². The Balaban J connectivity index is 1.57. The highest BCUT2D eigenvalue weighted by molar-refractivity contribution is 7.99. The molecule has 1 amide bonds. The third-order valence-electron chi connectivity index (χ3n) is 3.53. The zero-order valence-electron chi connectivity index (χ0n) is 14.2. The average molecular weight is 373 g/mol. The molecule has 0 aliphatic heterocycles. The number of nitrogens with one attached hydrogen (secondary N) is 1. The molecule has 0 fully saturated rings. The van der Waals surface area contributed by atoms with E-state index < -0.39 is 0 Å². The van der Waals surface area contributed by atoms with Crippen LogP contribution in [0.25, 0.3) is 11.5 Å². The third-order valence-corrected chi connectivity index (χ3v) is 4.35. The van der Waals surface area contributed by atoms with Crippen molar-refractivity contribution in [2.24, 2.45) is 0 Å². The van der Waals surface area contributed by atoms with Crippen LogP contribution < -0.4 is 10.1 Å². The van der Waals surface area contributed by atoms with Crippen LogP contribution in [0, 0.1) is 12.7 Å². The Bertz CT molecular complexity index is 912. The smallest absolute Gasteiger partial charge is 0.277 e. The molecule has 0 aliphatic carbocycles. The maximum atomic E-state index is 12.9. The summed E-state index contributed by atoms with van der Waals surface area (Å²) in [4.78, 5) is 12.1. The second-order valence-electron chi connectivity index (χ2n) is 5.40. The highest BCUT2D eigenvalue weighted by Crippen LogP contribution is 2.24. The fourth-order valence-electron chi connectivity index (χ4n) is 2.19. The van der Waals surface area contributed by atoms with Gasteiger partial charge in [0.15, 0.2) is 0 Å². The number of benzene rings is 2.